The molecule has 1 aliphatic heterocycles. The highest BCUT2D eigenvalue weighted by Gasteiger charge is 2.20. The number of hydrogen-bond acceptors (Lipinski definition) is 4. The summed E-state index contributed by atoms with van der Waals surface area (Å²) in [7, 11) is -2.98. The zero-order valence-corrected chi connectivity index (χ0v) is 6.65. The summed E-state index contributed by atoms with van der Waals surface area (Å²) in [6.07, 6.45) is 1.51. The van der Waals surface area contributed by atoms with E-state index in [1.165, 1.54) is 6.08 Å². The van der Waals surface area contributed by atoms with Gasteiger partial charge in [0, 0.05) is 5.41 Å². The van der Waals surface area contributed by atoms with E-state index in [-0.39, 0.29) is 11.8 Å². The Balaban J connectivity index is 2.81. The second kappa shape index (κ2) is 2.62. The first kappa shape index (κ1) is 7.60. The second-order valence-electron chi connectivity index (χ2n) is 1.95. The Hall–Kier alpha value is -0.510. The van der Waals surface area contributed by atoms with Crippen LogP contribution in [0.2, 0.25) is 0 Å². The van der Waals surface area contributed by atoms with Gasteiger partial charge in [-0.2, -0.15) is 0 Å². The molecule has 0 aromatic rings. The summed E-state index contributed by atoms with van der Waals surface area (Å²) in [5, 5.41) is 3.30. The van der Waals surface area contributed by atoms with Crippen molar-refractivity contribution in [2.24, 2.45) is 4.99 Å². The van der Waals surface area contributed by atoms with Crippen molar-refractivity contribution in [2.75, 3.05) is 5.75 Å². The molecule has 0 aliphatic carbocycles. The van der Waals surface area contributed by atoms with Gasteiger partial charge in [-0.1, -0.05) is 0 Å². The zero-order chi connectivity index (χ0) is 7.61. The molecule has 0 saturated carbocycles. The first-order valence-corrected chi connectivity index (χ1v) is 4.74. The molecule has 1 unspecified atom stereocenters. The van der Waals surface area contributed by atoms with Crippen molar-refractivity contribution >= 4 is 27.2 Å². The van der Waals surface area contributed by atoms with Crippen molar-refractivity contribution in [1.29, 1.82) is 0 Å². The molecule has 0 N–H and O–H groups in total. The molecule has 0 saturated heterocycles. The number of thiocarbonyl (C=S) groups is 1. The van der Waals surface area contributed by atoms with Gasteiger partial charge in [0.1, 0.15) is 0 Å². The predicted molar refractivity (Wildman–Crippen MR) is 41.7 cm³/mol. The van der Waals surface area contributed by atoms with Gasteiger partial charge < -0.3 is 0 Å². The Morgan fingerprint density at radius 2 is 2.40 bits per heavy atom. The monoisotopic (exact) mass is 175 g/mol. The highest BCUT2D eigenvalue weighted by atomic mass is 32.2. The van der Waals surface area contributed by atoms with E-state index in [0.29, 0.717) is 0 Å². The van der Waals surface area contributed by atoms with Crippen LogP contribution < -0.4 is 0 Å². The molecule has 0 fully saturated rings. The molecule has 1 rings (SSSR count). The lowest BCUT2D eigenvalue weighted by atomic mass is 10.4. The molecule has 5 heteroatoms. The van der Waals surface area contributed by atoms with Gasteiger partial charge in [-0.15, -0.1) is 0 Å². The van der Waals surface area contributed by atoms with Crippen LogP contribution in [0.5, 0.6) is 0 Å². The Morgan fingerprint density at radius 1 is 1.70 bits per heavy atom. The van der Waals surface area contributed by atoms with Crippen molar-refractivity contribution in [3.05, 3.63) is 11.5 Å². The SMILES string of the molecule is O=S1(=O)C=CC(N=C=S)C1. The fraction of sp³-hybridized carbons (Fsp3) is 0.400. The normalized spacial score (nSPS) is 27.8. The minimum absolute atomic E-state index is 0.0383. The summed E-state index contributed by atoms with van der Waals surface area (Å²) in [5.74, 6) is 0.0383. The summed E-state index contributed by atoms with van der Waals surface area (Å²) < 4.78 is 21.4. The summed E-state index contributed by atoms with van der Waals surface area (Å²) in [6.45, 7) is 0. The van der Waals surface area contributed by atoms with Gasteiger partial charge >= 0.3 is 0 Å². The Kier molecular flexibility index (Phi) is 1.99. The van der Waals surface area contributed by atoms with Crippen molar-refractivity contribution in [1.82, 2.24) is 0 Å². The van der Waals surface area contributed by atoms with Gasteiger partial charge in [-0.05, 0) is 18.3 Å². The Labute approximate surface area is 64.4 Å². The third-order valence-electron chi connectivity index (χ3n) is 1.13. The molecule has 0 amide bonds. The van der Waals surface area contributed by atoms with E-state index in [1.807, 2.05) is 0 Å². The van der Waals surface area contributed by atoms with Crippen LogP contribution in [0.4, 0.5) is 0 Å². The number of hydrogen-bond donors (Lipinski definition) is 0. The molecule has 3 nitrogen and oxygen atoms in total. The molecule has 0 spiro atoms. The first-order chi connectivity index (χ1) is 4.64. The lowest BCUT2D eigenvalue weighted by Gasteiger charge is -1.92. The van der Waals surface area contributed by atoms with Crippen LogP contribution in [0.15, 0.2) is 16.5 Å². The van der Waals surface area contributed by atoms with E-state index in [1.54, 1.807) is 0 Å². The van der Waals surface area contributed by atoms with Gasteiger partial charge in [0.2, 0.25) is 0 Å². The van der Waals surface area contributed by atoms with Crippen LogP contribution in [0.3, 0.4) is 0 Å². The maximum absolute atomic E-state index is 10.7. The third kappa shape index (κ3) is 1.73. The number of aliphatic imine (C=N–C) groups is 1. The summed E-state index contributed by atoms with van der Waals surface area (Å²) in [4.78, 5) is 3.62. The summed E-state index contributed by atoms with van der Waals surface area (Å²) in [5.41, 5.74) is 0. The topological polar surface area (TPSA) is 46.5 Å². The molecular formula is C5H5NO2S2. The van der Waals surface area contributed by atoms with Crippen LogP contribution in [-0.4, -0.2) is 25.4 Å². The number of isothiocyanates is 1. The van der Waals surface area contributed by atoms with Crippen molar-refractivity contribution in [2.45, 2.75) is 6.04 Å². The van der Waals surface area contributed by atoms with Crippen LogP contribution in [0.25, 0.3) is 0 Å². The van der Waals surface area contributed by atoms with Gasteiger partial charge in [-0.25, -0.2) is 13.4 Å². The van der Waals surface area contributed by atoms with E-state index in [2.05, 4.69) is 22.4 Å². The van der Waals surface area contributed by atoms with E-state index in [0.717, 1.165) is 5.41 Å². The molecule has 0 radical (unpaired) electrons. The zero-order valence-electron chi connectivity index (χ0n) is 5.02. The Bertz CT molecular complexity index is 298. The fourth-order valence-electron chi connectivity index (χ4n) is 0.708. The molecule has 54 valence electrons. The van der Waals surface area contributed by atoms with E-state index in [9.17, 15) is 8.42 Å². The maximum atomic E-state index is 10.7. The van der Waals surface area contributed by atoms with E-state index in [4.69, 9.17) is 0 Å². The molecule has 1 atom stereocenters. The van der Waals surface area contributed by atoms with Crippen LogP contribution in [0, 0.1) is 0 Å². The van der Waals surface area contributed by atoms with Crippen molar-refractivity contribution < 1.29 is 8.42 Å². The van der Waals surface area contributed by atoms with Crippen LogP contribution >= 0.6 is 12.2 Å². The van der Waals surface area contributed by atoms with Crippen LogP contribution in [-0.2, 0) is 9.84 Å². The molecule has 1 aliphatic rings. The van der Waals surface area contributed by atoms with E-state index < -0.39 is 9.84 Å². The molecule has 1 heterocycles. The highest BCUT2D eigenvalue weighted by Crippen LogP contribution is 2.09. The highest BCUT2D eigenvalue weighted by molar-refractivity contribution is 7.94. The lowest BCUT2D eigenvalue weighted by molar-refractivity contribution is 0.604. The van der Waals surface area contributed by atoms with E-state index >= 15 is 0 Å². The second-order valence-corrected chi connectivity index (χ2v) is 4.06. The first-order valence-electron chi connectivity index (χ1n) is 2.62. The van der Waals surface area contributed by atoms with Gasteiger partial charge in [0.25, 0.3) is 0 Å². The quantitative estimate of drug-likeness (QED) is 0.428. The number of sulfone groups is 1. The standard InChI is InChI=1S/C5H5NO2S2/c7-10(8)2-1-5(3-10)6-4-9/h1-2,5H,3H2. The van der Waals surface area contributed by atoms with Crippen molar-refractivity contribution in [3.63, 3.8) is 0 Å². The van der Waals surface area contributed by atoms with Gasteiger partial charge in [0.15, 0.2) is 9.84 Å². The lowest BCUT2D eigenvalue weighted by Crippen LogP contribution is -2.07. The number of rotatable bonds is 1. The molecule has 0 aromatic heterocycles. The smallest absolute Gasteiger partial charge is 0.173 e. The predicted octanol–water partition coefficient (Wildman–Crippen LogP) is 0.400. The minimum atomic E-state index is -2.98. The maximum Gasteiger partial charge on any atom is 0.173 e. The fourth-order valence-corrected chi connectivity index (χ4v) is 2.04. The number of nitrogens with zero attached hydrogens (tertiary/aromatic N) is 1. The minimum Gasteiger partial charge on any atom is -0.224 e. The average Bonchev–Trinajstić information content (AvgIpc) is 2.12. The van der Waals surface area contributed by atoms with Gasteiger partial charge in [0.05, 0.1) is 17.0 Å². The molecular weight excluding hydrogens is 170 g/mol. The van der Waals surface area contributed by atoms with Gasteiger partial charge in [-0.3, -0.25) is 0 Å². The molecule has 0 aromatic carbocycles. The molecule has 0 bridgehead atoms. The third-order valence-corrected chi connectivity index (χ3v) is 2.61. The largest absolute Gasteiger partial charge is 0.224 e. The Morgan fingerprint density at radius 3 is 2.80 bits per heavy atom. The average molecular weight is 175 g/mol. The summed E-state index contributed by atoms with van der Waals surface area (Å²) >= 11 is 4.32. The molecule has 10 heavy (non-hydrogen) atoms. The summed E-state index contributed by atoms with van der Waals surface area (Å²) in [6, 6.07) is -0.303. The van der Waals surface area contributed by atoms with Crippen LogP contribution in [0.1, 0.15) is 0 Å². The van der Waals surface area contributed by atoms with Crippen molar-refractivity contribution in [3.8, 4) is 0 Å².